The summed E-state index contributed by atoms with van der Waals surface area (Å²) >= 11 is 0. The van der Waals surface area contributed by atoms with E-state index in [1.165, 1.54) is 29.5 Å². The number of hydrogen-bond acceptors (Lipinski definition) is 6. The van der Waals surface area contributed by atoms with Crippen LogP contribution < -0.4 is 10.1 Å². The highest BCUT2D eigenvalue weighted by Gasteiger charge is 2.35. The maximum absolute atomic E-state index is 14.5. The Morgan fingerprint density at radius 1 is 1.34 bits per heavy atom. The van der Waals surface area contributed by atoms with Gasteiger partial charge in [0.05, 0.1) is 30.1 Å². The van der Waals surface area contributed by atoms with E-state index in [9.17, 15) is 19.1 Å². The molecule has 9 nitrogen and oxygen atoms in total. The predicted octanol–water partition coefficient (Wildman–Crippen LogP) is 3.37. The molecule has 2 N–H and O–H groups in total. The second-order valence-corrected chi connectivity index (χ2v) is 9.74. The zero-order valence-electron chi connectivity index (χ0n) is 19.7. The van der Waals surface area contributed by atoms with Gasteiger partial charge in [0.25, 0.3) is 11.8 Å². The van der Waals surface area contributed by atoms with E-state index in [2.05, 4.69) is 15.4 Å². The van der Waals surface area contributed by atoms with E-state index in [4.69, 9.17) is 4.74 Å². The zero-order chi connectivity index (χ0) is 24.7. The number of hydrogen-bond donors (Lipinski definition) is 2. The number of alkyl halides is 1. The Morgan fingerprint density at radius 2 is 2.11 bits per heavy atom. The molecule has 1 aromatic carbocycles. The normalized spacial score (nSPS) is 17.1. The van der Waals surface area contributed by atoms with E-state index in [0.717, 1.165) is 25.7 Å². The van der Waals surface area contributed by atoms with Crippen molar-refractivity contribution >= 4 is 23.1 Å². The number of aliphatic hydroxyl groups is 1. The van der Waals surface area contributed by atoms with Gasteiger partial charge < -0.3 is 20.1 Å². The van der Waals surface area contributed by atoms with Crippen LogP contribution in [0.5, 0.6) is 5.75 Å². The Labute approximate surface area is 201 Å². The van der Waals surface area contributed by atoms with Crippen molar-refractivity contribution < 1.29 is 23.8 Å². The number of fused-ring (bicyclic) bond motifs is 2. The number of aromatic nitrogens is 3. The predicted molar refractivity (Wildman–Crippen MR) is 126 cm³/mol. The average molecular weight is 482 g/mol. The molecule has 0 radical (unpaired) electrons. The molecule has 3 heterocycles. The third kappa shape index (κ3) is 4.58. The van der Waals surface area contributed by atoms with Crippen LogP contribution in [-0.4, -0.2) is 60.8 Å². The van der Waals surface area contributed by atoms with Crippen molar-refractivity contribution in [3.63, 3.8) is 0 Å². The van der Waals surface area contributed by atoms with Crippen LogP contribution in [0.4, 0.5) is 10.1 Å². The van der Waals surface area contributed by atoms with Crippen LogP contribution in [0.15, 0.2) is 36.8 Å². The van der Waals surface area contributed by atoms with Crippen molar-refractivity contribution in [2.45, 2.75) is 64.0 Å². The first-order valence-corrected chi connectivity index (χ1v) is 11.8. The fourth-order valence-electron chi connectivity index (χ4n) is 4.52. The van der Waals surface area contributed by atoms with Crippen molar-refractivity contribution in [1.82, 2.24) is 19.5 Å². The molecule has 0 spiro atoms. The number of amides is 2. The van der Waals surface area contributed by atoms with Crippen LogP contribution >= 0.6 is 0 Å². The maximum Gasteiger partial charge on any atom is 0.261 e. The van der Waals surface area contributed by atoms with Crippen LogP contribution in [0, 0.1) is 0 Å². The highest BCUT2D eigenvalue weighted by atomic mass is 19.1. The highest BCUT2D eigenvalue weighted by Crippen LogP contribution is 2.37. The lowest BCUT2D eigenvalue weighted by atomic mass is 10.0. The van der Waals surface area contributed by atoms with Gasteiger partial charge in [-0.25, -0.2) is 13.9 Å². The van der Waals surface area contributed by atoms with Crippen LogP contribution in [-0.2, 0) is 6.54 Å². The van der Waals surface area contributed by atoms with Gasteiger partial charge in [0.2, 0.25) is 0 Å². The first-order chi connectivity index (χ1) is 16.7. The number of carbonyl (C=O) groups is 2. The molecule has 1 atom stereocenters. The molecule has 2 aliphatic rings. The number of anilines is 1. The van der Waals surface area contributed by atoms with Crippen LogP contribution in [0.3, 0.4) is 0 Å². The Hall–Kier alpha value is -3.53. The van der Waals surface area contributed by atoms with Crippen molar-refractivity contribution in [3.05, 3.63) is 53.5 Å². The fraction of sp³-hybridized carbons (Fsp3) is 0.440. The second-order valence-electron chi connectivity index (χ2n) is 9.74. The van der Waals surface area contributed by atoms with Gasteiger partial charge in [-0.15, -0.1) is 0 Å². The van der Waals surface area contributed by atoms with Gasteiger partial charge in [-0.2, -0.15) is 5.10 Å². The van der Waals surface area contributed by atoms with Crippen LogP contribution in [0.2, 0.25) is 0 Å². The van der Waals surface area contributed by atoms with Crippen molar-refractivity contribution in [2.75, 3.05) is 11.9 Å². The highest BCUT2D eigenvalue weighted by molar-refractivity contribution is 6.09. The summed E-state index contributed by atoms with van der Waals surface area (Å²) in [5, 5.41) is 17.0. The molecule has 35 heavy (non-hydrogen) atoms. The second kappa shape index (κ2) is 8.92. The Kier molecular flexibility index (Phi) is 5.92. The smallest absolute Gasteiger partial charge is 0.261 e. The molecule has 2 aromatic heterocycles. The van der Waals surface area contributed by atoms with Crippen molar-refractivity contribution in [2.24, 2.45) is 0 Å². The number of benzene rings is 1. The van der Waals surface area contributed by atoms with Gasteiger partial charge in [-0.3, -0.25) is 9.59 Å². The number of carbonyl (C=O) groups excluding carboxylic acids is 2. The van der Waals surface area contributed by atoms with Crippen molar-refractivity contribution in [1.29, 1.82) is 0 Å². The first-order valence-electron chi connectivity index (χ1n) is 11.8. The van der Waals surface area contributed by atoms with Gasteiger partial charge in [0, 0.05) is 24.5 Å². The lowest BCUT2D eigenvalue weighted by molar-refractivity contribution is -0.0159. The van der Waals surface area contributed by atoms with E-state index in [-0.39, 0.29) is 25.1 Å². The summed E-state index contributed by atoms with van der Waals surface area (Å²) in [4.78, 5) is 31.8. The fourth-order valence-corrected chi connectivity index (χ4v) is 4.52. The standard InChI is InChI=1S/C25H28FN5O4/c1-25(2,34)21(26)14-30-13-15-10-19(20(11-17(15)24(30)33)35-16-6-3-4-7-16)29-23(32)18-12-28-31-9-5-8-27-22(18)31/h5,8-12,16,21,34H,3-4,6-7,13-14H2,1-2H3,(H,29,32)/t21-/m1/s1. The summed E-state index contributed by atoms with van der Waals surface area (Å²) in [6.45, 7) is 2.70. The molecule has 1 saturated carbocycles. The molecule has 0 bridgehead atoms. The molecule has 3 aromatic rings. The lowest BCUT2D eigenvalue weighted by Crippen LogP contribution is -2.42. The van der Waals surface area contributed by atoms with Crippen molar-refractivity contribution in [3.8, 4) is 5.75 Å². The zero-order valence-corrected chi connectivity index (χ0v) is 19.7. The average Bonchev–Trinajstić information content (AvgIpc) is 3.54. The van der Waals surface area contributed by atoms with Crippen LogP contribution in [0.1, 0.15) is 65.8 Å². The number of halogens is 1. The third-order valence-electron chi connectivity index (χ3n) is 6.60. The van der Waals surface area contributed by atoms with E-state index in [1.807, 2.05) is 0 Å². The molecule has 10 heteroatoms. The summed E-state index contributed by atoms with van der Waals surface area (Å²) in [6, 6.07) is 5.07. The first kappa shape index (κ1) is 23.2. The van der Waals surface area contributed by atoms with E-state index >= 15 is 0 Å². The molecular weight excluding hydrogens is 453 g/mol. The minimum absolute atomic E-state index is 0.000338. The van der Waals surface area contributed by atoms with Gasteiger partial charge in [0.1, 0.15) is 17.5 Å². The Bertz CT molecular complexity index is 1280. The maximum atomic E-state index is 14.5. The molecular formula is C25H28FN5O4. The number of rotatable bonds is 7. The third-order valence-corrected chi connectivity index (χ3v) is 6.60. The topological polar surface area (TPSA) is 109 Å². The largest absolute Gasteiger partial charge is 0.488 e. The summed E-state index contributed by atoms with van der Waals surface area (Å²) in [5.41, 5.74) is 0.673. The molecule has 184 valence electrons. The van der Waals surface area contributed by atoms with Gasteiger partial charge in [0.15, 0.2) is 5.65 Å². The number of nitrogens with zero attached hydrogens (tertiary/aromatic N) is 4. The van der Waals surface area contributed by atoms with E-state index < -0.39 is 17.7 Å². The Balaban J connectivity index is 1.45. The summed E-state index contributed by atoms with van der Waals surface area (Å²) in [5.74, 6) is -0.322. The molecule has 1 aliphatic heterocycles. The SMILES string of the molecule is CC(C)(O)[C@H](F)CN1Cc2cc(NC(=O)c3cnn4cccnc34)c(OC3CCCC3)cc2C1=O. The summed E-state index contributed by atoms with van der Waals surface area (Å²) in [6.07, 6.45) is 7.07. The monoisotopic (exact) mass is 481 g/mol. The number of ether oxygens (including phenoxy) is 1. The molecule has 0 unspecified atom stereocenters. The summed E-state index contributed by atoms with van der Waals surface area (Å²) in [7, 11) is 0. The molecule has 2 amide bonds. The van der Waals surface area contributed by atoms with Crippen LogP contribution in [0.25, 0.3) is 5.65 Å². The molecule has 0 saturated heterocycles. The molecule has 5 rings (SSSR count). The van der Waals surface area contributed by atoms with Gasteiger partial charge >= 0.3 is 0 Å². The van der Waals surface area contributed by atoms with E-state index in [1.54, 1.807) is 30.6 Å². The van der Waals surface area contributed by atoms with E-state index in [0.29, 0.717) is 33.8 Å². The lowest BCUT2D eigenvalue weighted by Gasteiger charge is -2.26. The minimum Gasteiger partial charge on any atom is -0.488 e. The quantitative estimate of drug-likeness (QED) is 0.536. The minimum atomic E-state index is -1.60. The molecule has 1 aliphatic carbocycles. The number of nitrogens with one attached hydrogen (secondary N) is 1. The Morgan fingerprint density at radius 3 is 2.86 bits per heavy atom. The van der Waals surface area contributed by atoms with Gasteiger partial charge in [-0.1, -0.05) is 0 Å². The van der Waals surface area contributed by atoms with Gasteiger partial charge in [-0.05, 0) is 63.3 Å². The summed E-state index contributed by atoms with van der Waals surface area (Å²) < 4.78 is 22.2. The molecule has 1 fully saturated rings.